The summed E-state index contributed by atoms with van der Waals surface area (Å²) in [5.74, 6) is -0.0885. The van der Waals surface area contributed by atoms with Crippen LogP contribution in [0, 0.1) is 0 Å². The fourth-order valence-corrected chi connectivity index (χ4v) is 4.18. The molecule has 0 rings (SSSR count). The molecule has 1 amide bonds. The zero-order valence-electron chi connectivity index (χ0n) is 23.8. The number of carbonyl (C=O) groups is 1. The molecule has 0 unspecified atom stereocenters. The molecule has 4 heteroatoms. The third-order valence-electron chi connectivity index (χ3n) is 6.60. The van der Waals surface area contributed by atoms with E-state index in [-0.39, 0.29) is 12.5 Å². The lowest BCUT2D eigenvalue weighted by Crippen LogP contribution is -2.45. The molecule has 2 atom stereocenters. The first-order chi connectivity index (χ1) is 17.7. The van der Waals surface area contributed by atoms with E-state index in [4.69, 9.17) is 0 Å². The Balaban J connectivity index is 3.75. The van der Waals surface area contributed by atoms with Crippen LogP contribution < -0.4 is 5.32 Å². The van der Waals surface area contributed by atoms with E-state index in [9.17, 15) is 15.0 Å². The molecule has 0 aromatic rings. The first kappa shape index (κ1) is 34.6. The Labute approximate surface area is 223 Å². The molecule has 0 aliphatic rings. The minimum Gasteiger partial charge on any atom is -0.394 e. The highest BCUT2D eigenvalue weighted by atomic mass is 16.3. The summed E-state index contributed by atoms with van der Waals surface area (Å²) in [5, 5.41) is 22.7. The van der Waals surface area contributed by atoms with Gasteiger partial charge >= 0.3 is 0 Å². The van der Waals surface area contributed by atoms with Crippen LogP contribution in [-0.2, 0) is 4.79 Å². The lowest BCUT2D eigenvalue weighted by atomic mass is 10.1. The van der Waals surface area contributed by atoms with Crippen LogP contribution in [0.3, 0.4) is 0 Å². The topological polar surface area (TPSA) is 69.6 Å². The molecular weight excluding hydrogens is 446 g/mol. The van der Waals surface area contributed by atoms with Gasteiger partial charge in [0, 0.05) is 6.42 Å². The van der Waals surface area contributed by atoms with Gasteiger partial charge in [-0.1, -0.05) is 115 Å². The van der Waals surface area contributed by atoms with Gasteiger partial charge in [-0.05, 0) is 57.8 Å². The number of carbonyl (C=O) groups excluding carboxylic acids is 1. The second-order valence-corrected chi connectivity index (χ2v) is 10.2. The number of aliphatic hydroxyl groups excluding tert-OH is 2. The van der Waals surface area contributed by atoms with Crippen LogP contribution in [-0.4, -0.2) is 34.9 Å². The zero-order chi connectivity index (χ0) is 26.5. The summed E-state index contributed by atoms with van der Waals surface area (Å²) >= 11 is 0. The van der Waals surface area contributed by atoms with Crippen LogP contribution >= 0.6 is 0 Å². The number of hydrogen-bond donors (Lipinski definition) is 3. The number of nitrogens with one attached hydrogen (secondary N) is 1. The first-order valence-corrected chi connectivity index (χ1v) is 15.2. The Hall–Kier alpha value is -1.39. The number of unbranched alkanes of at least 4 members (excludes halogenated alkanes) is 15. The fraction of sp³-hybridized carbons (Fsp3) is 0.781. The maximum atomic E-state index is 12.2. The van der Waals surface area contributed by atoms with Gasteiger partial charge < -0.3 is 15.5 Å². The summed E-state index contributed by atoms with van der Waals surface area (Å²) in [5.41, 5.74) is 0. The lowest BCUT2D eigenvalue weighted by Gasteiger charge is -2.19. The quantitative estimate of drug-likeness (QED) is 0.0817. The summed E-state index contributed by atoms with van der Waals surface area (Å²) in [7, 11) is 0. The van der Waals surface area contributed by atoms with Gasteiger partial charge in [0.1, 0.15) is 0 Å². The summed E-state index contributed by atoms with van der Waals surface area (Å²) in [4.78, 5) is 12.2. The van der Waals surface area contributed by atoms with Gasteiger partial charge in [-0.15, -0.1) is 0 Å². The molecule has 4 nitrogen and oxygen atoms in total. The predicted molar refractivity (Wildman–Crippen MR) is 156 cm³/mol. The van der Waals surface area contributed by atoms with Crippen molar-refractivity contribution < 1.29 is 15.0 Å². The Kier molecular flexibility index (Phi) is 27.1. The highest BCUT2D eigenvalue weighted by Crippen LogP contribution is 2.10. The predicted octanol–water partition coefficient (Wildman–Crippen LogP) is 8.33. The monoisotopic (exact) mass is 505 g/mol. The second-order valence-electron chi connectivity index (χ2n) is 10.2. The summed E-state index contributed by atoms with van der Waals surface area (Å²) in [6.45, 7) is 4.22. The normalized spacial score (nSPS) is 13.8. The summed E-state index contributed by atoms with van der Waals surface area (Å²) in [6, 6.07) is -0.638. The van der Waals surface area contributed by atoms with E-state index in [1.807, 2.05) is 6.08 Å². The van der Waals surface area contributed by atoms with Crippen molar-refractivity contribution >= 4 is 5.91 Å². The summed E-state index contributed by atoms with van der Waals surface area (Å²) in [6.07, 6.45) is 35.0. The highest BCUT2D eigenvalue weighted by Gasteiger charge is 2.17. The molecule has 0 aromatic heterocycles. The molecule has 0 aromatic carbocycles. The van der Waals surface area contributed by atoms with Crippen LogP contribution in [0.2, 0.25) is 0 Å². The SMILES string of the molecule is CCCCCC/C=C/CC/C=C/[C@@H](O)[C@H](CO)NC(=O)CCCCCCC/C=C/CCCCCCC. The van der Waals surface area contributed by atoms with Gasteiger partial charge in [0.25, 0.3) is 0 Å². The zero-order valence-corrected chi connectivity index (χ0v) is 23.8. The maximum Gasteiger partial charge on any atom is 0.220 e. The van der Waals surface area contributed by atoms with Crippen LogP contribution in [0.25, 0.3) is 0 Å². The van der Waals surface area contributed by atoms with Crippen molar-refractivity contribution in [3.8, 4) is 0 Å². The molecule has 3 N–H and O–H groups in total. The molecule has 0 saturated heterocycles. The number of rotatable bonds is 26. The fourth-order valence-electron chi connectivity index (χ4n) is 4.18. The van der Waals surface area contributed by atoms with E-state index in [1.165, 1.54) is 77.0 Å². The molecule has 36 heavy (non-hydrogen) atoms. The van der Waals surface area contributed by atoms with Gasteiger partial charge in [0.2, 0.25) is 5.91 Å². The van der Waals surface area contributed by atoms with E-state index >= 15 is 0 Å². The minimum absolute atomic E-state index is 0.0885. The van der Waals surface area contributed by atoms with Gasteiger partial charge in [-0.25, -0.2) is 0 Å². The Morgan fingerprint density at radius 3 is 1.64 bits per heavy atom. The number of allylic oxidation sites excluding steroid dienone is 5. The molecule has 0 fully saturated rings. The molecule has 0 radical (unpaired) electrons. The average molecular weight is 506 g/mol. The second kappa shape index (κ2) is 28.2. The van der Waals surface area contributed by atoms with Crippen molar-refractivity contribution in [3.63, 3.8) is 0 Å². The molecule has 0 aliphatic carbocycles. The smallest absolute Gasteiger partial charge is 0.220 e. The highest BCUT2D eigenvalue weighted by molar-refractivity contribution is 5.76. The largest absolute Gasteiger partial charge is 0.394 e. The number of hydrogen-bond acceptors (Lipinski definition) is 3. The van der Waals surface area contributed by atoms with Crippen molar-refractivity contribution in [1.82, 2.24) is 5.32 Å². The summed E-state index contributed by atoms with van der Waals surface area (Å²) < 4.78 is 0. The van der Waals surface area contributed by atoms with Crippen LogP contribution in [0.15, 0.2) is 36.5 Å². The first-order valence-electron chi connectivity index (χ1n) is 15.2. The van der Waals surface area contributed by atoms with Crippen molar-refractivity contribution in [3.05, 3.63) is 36.5 Å². The van der Waals surface area contributed by atoms with E-state index in [0.29, 0.717) is 6.42 Å². The maximum absolute atomic E-state index is 12.2. The lowest BCUT2D eigenvalue weighted by molar-refractivity contribution is -0.123. The van der Waals surface area contributed by atoms with Gasteiger partial charge in [0.05, 0.1) is 18.8 Å². The molecule has 0 heterocycles. The Morgan fingerprint density at radius 1 is 0.639 bits per heavy atom. The van der Waals surface area contributed by atoms with Crippen molar-refractivity contribution in [2.24, 2.45) is 0 Å². The molecule has 0 aliphatic heterocycles. The van der Waals surface area contributed by atoms with Crippen LogP contribution in [0.1, 0.15) is 142 Å². The molecule has 0 saturated carbocycles. The van der Waals surface area contributed by atoms with Gasteiger partial charge in [-0.2, -0.15) is 0 Å². The molecule has 210 valence electrons. The van der Waals surface area contributed by atoms with E-state index in [1.54, 1.807) is 6.08 Å². The van der Waals surface area contributed by atoms with E-state index in [2.05, 4.69) is 43.5 Å². The Morgan fingerprint density at radius 2 is 1.08 bits per heavy atom. The third-order valence-corrected chi connectivity index (χ3v) is 6.60. The van der Waals surface area contributed by atoms with Crippen LogP contribution in [0.4, 0.5) is 0 Å². The number of amides is 1. The average Bonchev–Trinajstić information content (AvgIpc) is 2.88. The standard InChI is InChI=1S/C32H59NO3/c1-3-5-7-9-11-13-15-16-17-18-20-22-24-26-28-32(36)33-30(29-34)31(35)27-25-23-21-19-14-12-10-8-6-4-2/h14-16,19,25,27,30-31,34-35H,3-13,17-18,20-24,26,28-29H2,1-2H3,(H,33,36)/b16-15+,19-14+,27-25+/t30-,31+/m0/s1. The van der Waals surface area contributed by atoms with Gasteiger partial charge in [0.15, 0.2) is 0 Å². The van der Waals surface area contributed by atoms with E-state index in [0.717, 1.165) is 44.9 Å². The van der Waals surface area contributed by atoms with Gasteiger partial charge in [-0.3, -0.25) is 4.79 Å². The van der Waals surface area contributed by atoms with Crippen molar-refractivity contribution in [2.45, 2.75) is 154 Å². The van der Waals surface area contributed by atoms with Crippen LogP contribution in [0.5, 0.6) is 0 Å². The van der Waals surface area contributed by atoms with Crippen molar-refractivity contribution in [2.75, 3.05) is 6.61 Å². The molecular formula is C32H59NO3. The van der Waals surface area contributed by atoms with Crippen molar-refractivity contribution in [1.29, 1.82) is 0 Å². The number of aliphatic hydroxyl groups is 2. The molecule has 0 spiro atoms. The molecule has 0 bridgehead atoms. The third kappa shape index (κ3) is 24.3. The van der Waals surface area contributed by atoms with E-state index < -0.39 is 12.1 Å². The Bertz CT molecular complexity index is 556. The minimum atomic E-state index is -0.860.